The zero-order valence-electron chi connectivity index (χ0n) is 16.3. The topological polar surface area (TPSA) is 79.0 Å². The molecule has 0 aliphatic carbocycles. The van der Waals surface area contributed by atoms with Gasteiger partial charge in [-0.1, -0.05) is 12.1 Å². The van der Waals surface area contributed by atoms with Crippen LogP contribution in [0.2, 0.25) is 0 Å². The van der Waals surface area contributed by atoms with Crippen molar-refractivity contribution in [2.75, 3.05) is 25.0 Å². The van der Waals surface area contributed by atoms with E-state index in [1.165, 1.54) is 24.7 Å². The van der Waals surface area contributed by atoms with Gasteiger partial charge in [0, 0.05) is 13.1 Å². The Labute approximate surface area is 181 Å². The van der Waals surface area contributed by atoms with Gasteiger partial charge in [0.2, 0.25) is 0 Å². The van der Waals surface area contributed by atoms with Crippen LogP contribution in [0.25, 0.3) is 11.0 Å². The third-order valence-electron chi connectivity index (χ3n) is 5.10. The molecule has 1 aliphatic heterocycles. The molecule has 2 N–H and O–H groups in total. The summed E-state index contributed by atoms with van der Waals surface area (Å²) in [6, 6.07) is 5.17. The van der Waals surface area contributed by atoms with Gasteiger partial charge in [0.25, 0.3) is 5.92 Å². The molecule has 0 saturated carbocycles. The number of ether oxygens (including phenoxy) is 1. The number of rotatable bonds is 7. The Morgan fingerprint density at radius 1 is 1.23 bits per heavy atom. The molecule has 1 aliphatic rings. The third kappa shape index (κ3) is 5.53. The van der Waals surface area contributed by atoms with E-state index < -0.39 is 18.6 Å². The highest BCUT2D eigenvalue weighted by Gasteiger charge is 2.44. The number of hydrogen-bond donors (Lipinski definition) is 2. The first kappa shape index (κ1) is 23.0. The monoisotopic (exact) mass is 460 g/mol. The van der Waals surface area contributed by atoms with Crippen LogP contribution in [-0.4, -0.2) is 63.3 Å². The lowest BCUT2D eigenvalue weighted by atomic mass is 10.00. The lowest BCUT2D eigenvalue weighted by Gasteiger charge is -2.38. The maximum Gasteiger partial charge on any atom is 0.387 e. The molecule has 12 heteroatoms. The first-order valence-electron chi connectivity index (χ1n) is 9.45. The highest BCUT2D eigenvalue weighted by atomic mass is 35.5. The normalized spacial score (nSPS) is 18.7. The van der Waals surface area contributed by atoms with Crippen molar-refractivity contribution >= 4 is 29.3 Å². The van der Waals surface area contributed by atoms with E-state index in [1.54, 1.807) is 17.0 Å². The number of halogens is 5. The molecule has 0 spiro atoms. The largest absolute Gasteiger partial charge is 0.435 e. The summed E-state index contributed by atoms with van der Waals surface area (Å²) < 4.78 is 58.2. The first-order valence-corrected chi connectivity index (χ1v) is 9.45. The van der Waals surface area contributed by atoms with Gasteiger partial charge in [0.1, 0.15) is 17.9 Å². The zero-order valence-corrected chi connectivity index (χ0v) is 17.1. The van der Waals surface area contributed by atoms with Gasteiger partial charge in [-0.3, -0.25) is 10.00 Å². The highest BCUT2D eigenvalue weighted by Crippen LogP contribution is 2.31. The van der Waals surface area contributed by atoms with Gasteiger partial charge in [0.05, 0.1) is 24.2 Å². The Bertz CT molecular complexity index is 987. The van der Waals surface area contributed by atoms with Crippen LogP contribution >= 0.6 is 12.4 Å². The number of piperidine rings is 1. The molecular formula is C19H21ClF4N6O. The Morgan fingerprint density at radius 2 is 2.00 bits per heavy atom. The number of hydrogen-bond acceptors (Lipinski definition) is 6. The Kier molecular flexibility index (Phi) is 7.16. The number of H-pyrrole nitrogens is 1. The molecule has 31 heavy (non-hydrogen) atoms. The second-order valence-corrected chi connectivity index (χ2v) is 7.15. The predicted octanol–water partition coefficient (Wildman–Crippen LogP) is 3.74. The molecule has 0 radical (unpaired) electrons. The summed E-state index contributed by atoms with van der Waals surface area (Å²) in [5.41, 5.74) is 1.35. The fourth-order valence-corrected chi connectivity index (χ4v) is 3.55. The lowest BCUT2D eigenvalue weighted by Crippen LogP contribution is -2.54. The average Bonchev–Trinajstić information content (AvgIpc) is 3.18. The quantitative estimate of drug-likeness (QED) is 0.523. The Balaban J connectivity index is 0.00000272. The van der Waals surface area contributed by atoms with Crippen molar-refractivity contribution in [2.24, 2.45) is 0 Å². The van der Waals surface area contributed by atoms with Gasteiger partial charge in [0.15, 0.2) is 5.65 Å². The number of aromatic nitrogens is 4. The standard InChI is InChI=1S/C19H20F4N6O.ClH/c20-18(21)30-13-3-1-12(2-4-13)5-7-29-8-6-15(19(22,23)10-29)27-16-14-9-26-28-17(14)25-11-24-16;/h1-4,9,11,15,18H,5-8,10H2,(H2,24,25,26,27,28);1H. The number of alkyl halides is 4. The lowest BCUT2D eigenvalue weighted by molar-refractivity contribution is -0.0734. The van der Waals surface area contributed by atoms with Crippen LogP contribution in [0.5, 0.6) is 5.75 Å². The van der Waals surface area contributed by atoms with Crippen molar-refractivity contribution in [2.45, 2.75) is 31.4 Å². The minimum Gasteiger partial charge on any atom is -0.435 e. The van der Waals surface area contributed by atoms with Gasteiger partial charge in [-0.25, -0.2) is 18.7 Å². The van der Waals surface area contributed by atoms with E-state index in [1.807, 2.05) is 0 Å². The third-order valence-corrected chi connectivity index (χ3v) is 5.10. The molecule has 1 atom stereocenters. The van der Waals surface area contributed by atoms with E-state index >= 15 is 0 Å². The second-order valence-electron chi connectivity index (χ2n) is 7.15. The van der Waals surface area contributed by atoms with Crippen molar-refractivity contribution in [3.05, 3.63) is 42.4 Å². The zero-order chi connectivity index (χ0) is 21.1. The molecule has 0 amide bonds. The van der Waals surface area contributed by atoms with Crippen LogP contribution in [0.15, 0.2) is 36.8 Å². The summed E-state index contributed by atoms with van der Waals surface area (Å²) >= 11 is 0. The van der Waals surface area contributed by atoms with Crippen LogP contribution in [0.1, 0.15) is 12.0 Å². The van der Waals surface area contributed by atoms with Gasteiger partial charge in [-0.2, -0.15) is 13.9 Å². The summed E-state index contributed by atoms with van der Waals surface area (Å²) in [6.07, 6.45) is 3.58. The van der Waals surface area contributed by atoms with Gasteiger partial charge < -0.3 is 10.1 Å². The maximum absolute atomic E-state index is 14.8. The van der Waals surface area contributed by atoms with E-state index in [0.29, 0.717) is 36.4 Å². The van der Waals surface area contributed by atoms with E-state index in [0.717, 1.165) is 5.56 Å². The van der Waals surface area contributed by atoms with Gasteiger partial charge >= 0.3 is 6.61 Å². The SMILES string of the molecule is Cl.FC(F)Oc1ccc(CCN2CCC(Nc3ncnc4[nH]ncc34)C(F)(F)C2)cc1. The van der Waals surface area contributed by atoms with Crippen molar-refractivity contribution in [3.63, 3.8) is 0 Å². The molecular weight excluding hydrogens is 440 g/mol. The molecule has 1 saturated heterocycles. The Morgan fingerprint density at radius 3 is 2.71 bits per heavy atom. The fraction of sp³-hybridized carbons (Fsp3) is 0.421. The highest BCUT2D eigenvalue weighted by molar-refractivity contribution is 5.86. The van der Waals surface area contributed by atoms with Crippen LogP contribution in [0.3, 0.4) is 0 Å². The van der Waals surface area contributed by atoms with E-state index in [4.69, 9.17) is 0 Å². The van der Waals surface area contributed by atoms with Gasteiger partial charge in [-0.05, 0) is 30.5 Å². The summed E-state index contributed by atoms with van der Waals surface area (Å²) in [7, 11) is 0. The molecule has 3 heterocycles. The number of aromatic amines is 1. The number of fused-ring (bicyclic) bond motifs is 1. The van der Waals surface area contributed by atoms with Crippen molar-refractivity contribution in [1.29, 1.82) is 0 Å². The van der Waals surface area contributed by atoms with Crippen molar-refractivity contribution < 1.29 is 22.3 Å². The molecule has 4 rings (SSSR count). The van der Waals surface area contributed by atoms with Crippen LogP contribution in [0, 0.1) is 0 Å². The smallest absolute Gasteiger partial charge is 0.387 e. The molecule has 7 nitrogen and oxygen atoms in total. The predicted molar refractivity (Wildman–Crippen MR) is 109 cm³/mol. The van der Waals surface area contributed by atoms with Crippen LogP contribution in [-0.2, 0) is 6.42 Å². The molecule has 168 valence electrons. The summed E-state index contributed by atoms with van der Waals surface area (Å²) in [4.78, 5) is 9.78. The van der Waals surface area contributed by atoms with E-state index in [2.05, 4.69) is 30.2 Å². The molecule has 1 aromatic carbocycles. The minimum atomic E-state index is -2.95. The summed E-state index contributed by atoms with van der Waals surface area (Å²) in [6.45, 7) is -2.31. The number of benzene rings is 1. The van der Waals surface area contributed by atoms with Crippen LogP contribution in [0.4, 0.5) is 23.4 Å². The average molecular weight is 461 g/mol. The van der Waals surface area contributed by atoms with E-state index in [9.17, 15) is 17.6 Å². The molecule has 2 aromatic heterocycles. The van der Waals surface area contributed by atoms with Crippen molar-refractivity contribution in [3.8, 4) is 5.75 Å². The number of nitrogens with one attached hydrogen (secondary N) is 2. The second kappa shape index (κ2) is 9.65. The number of nitrogens with zero attached hydrogens (tertiary/aromatic N) is 4. The molecule has 1 unspecified atom stereocenters. The van der Waals surface area contributed by atoms with E-state index in [-0.39, 0.29) is 31.1 Å². The fourth-order valence-electron chi connectivity index (χ4n) is 3.55. The first-order chi connectivity index (χ1) is 14.4. The molecule has 1 fully saturated rings. The van der Waals surface area contributed by atoms with Crippen molar-refractivity contribution in [1.82, 2.24) is 25.1 Å². The number of likely N-dealkylation sites (tertiary alicyclic amines) is 1. The summed E-state index contributed by atoms with van der Waals surface area (Å²) in [5, 5.41) is 9.97. The molecule has 0 bridgehead atoms. The summed E-state index contributed by atoms with van der Waals surface area (Å²) in [5.74, 6) is -2.55. The minimum absolute atomic E-state index is 0. The number of anilines is 1. The Hall–Kier alpha value is -2.66. The molecule has 3 aromatic rings. The van der Waals surface area contributed by atoms with Crippen LogP contribution < -0.4 is 10.1 Å². The maximum atomic E-state index is 14.8. The van der Waals surface area contributed by atoms with Gasteiger partial charge in [-0.15, -0.1) is 12.4 Å².